The molecule has 8 heavy (non-hydrogen) atoms. The van der Waals surface area contributed by atoms with Crippen LogP contribution in [-0.2, 0) is 0 Å². The second kappa shape index (κ2) is 4.80. The van der Waals surface area contributed by atoms with Crippen LogP contribution < -0.4 is 16.0 Å². The zero-order valence-electron chi connectivity index (χ0n) is 5.12. The van der Waals surface area contributed by atoms with E-state index >= 15 is 0 Å². The average molecular weight is 133 g/mol. The predicted molar refractivity (Wildman–Crippen MR) is 38.7 cm³/mol. The molecule has 0 saturated heterocycles. The maximum absolute atomic E-state index is 4.76. The lowest BCUT2D eigenvalue weighted by Gasteiger charge is -2.03. The molecule has 0 fully saturated rings. The van der Waals surface area contributed by atoms with Crippen molar-refractivity contribution in [1.82, 2.24) is 16.0 Å². The van der Waals surface area contributed by atoms with Crippen molar-refractivity contribution in [2.75, 3.05) is 20.8 Å². The summed E-state index contributed by atoms with van der Waals surface area (Å²) in [6, 6.07) is 0. The fourth-order valence-corrected chi connectivity index (χ4v) is 0.329. The number of thiocarbonyl (C=S) groups is 1. The first-order chi connectivity index (χ1) is 3.81. The monoisotopic (exact) mass is 133 g/mol. The van der Waals surface area contributed by atoms with E-state index in [4.69, 9.17) is 12.2 Å². The van der Waals surface area contributed by atoms with Gasteiger partial charge in [0.15, 0.2) is 5.11 Å². The molecule has 0 rings (SSSR count). The molecular formula is C4H11N3S. The van der Waals surface area contributed by atoms with E-state index in [1.807, 2.05) is 7.05 Å². The van der Waals surface area contributed by atoms with Crippen molar-refractivity contribution in [2.24, 2.45) is 0 Å². The van der Waals surface area contributed by atoms with Crippen molar-refractivity contribution in [1.29, 1.82) is 0 Å². The first-order valence-electron chi connectivity index (χ1n) is 2.41. The Kier molecular flexibility index (Phi) is 4.59. The second-order valence-electron chi connectivity index (χ2n) is 1.29. The molecule has 0 aliphatic heterocycles. The third-order valence-electron chi connectivity index (χ3n) is 0.653. The summed E-state index contributed by atoms with van der Waals surface area (Å²) < 4.78 is 0. The lowest BCUT2D eigenvalue weighted by molar-refractivity contribution is 0.754. The fourth-order valence-electron chi connectivity index (χ4n) is 0.257. The second-order valence-corrected chi connectivity index (χ2v) is 1.69. The fraction of sp³-hybridized carbons (Fsp3) is 0.750. The molecule has 3 nitrogen and oxygen atoms in total. The van der Waals surface area contributed by atoms with Crippen molar-refractivity contribution >= 4 is 17.3 Å². The first kappa shape index (κ1) is 7.65. The van der Waals surface area contributed by atoms with Gasteiger partial charge in [-0.3, -0.25) is 0 Å². The molecule has 48 valence electrons. The Hall–Kier alpha value is -0.350. The van der Waals surface area contributed by atoms with E-state index in [0.717, 1.165) is 0 Å². The average Bonchev–Trinajstić information content (AvgIpc) is 1.83. The SMILES string of the molecule is CNCNC(=S)NC. The van der Waals surface area contributed by atoms with Crippen LogP contribution in [0.3, 0.4) is 0 Å². The number of rotatable bonds is 2. The third kappa shape index (κ3) is 3.83. The van der Waals surface area contributed by atoms with Gasteiger partial charge in [0, 0.05) is 7.05 Å². The molecule has 0 aromatic carbocycles. The normalized spacial score (nSPS) is 8.25. The standard InChI is InChI=1S/C4H11N3S/c1-5-3-7-4(8)6-2/h5H,3H2,1-2H3,(H2,6,7,8). The summed E-state index contributed by atoms with van der Waals surface area (Å²) in [6.07, 6.45) is 0. The number of nitrogens with one attached hydrogen (secondary N) is 3. The Bertz CT molecular complexity index is 73.7. The van der Waals surface area contributed by atoms with Crippen molar-refractivity contribution < 1.29 is 0 Å². The Morgan fingerprint density at radius 2 is 2.12 bits per heavy atom. The lowest BCUT2D eigenvalue weighted by Crippen LogP contribution is -2.37. The van der Waals surface area contributed by atoms with Crippen LogP contribution in [-0.4, -0.2) is 25.9 Å². The van der Waals surface area contributed by atoms with E-state index in [1.165, 1.54) is 0 Å². The summed E-state index contributed by atoms with van der Waals surface area (Å²) >= 11 is 4.76. The molecule has 4 heteroatoms. The quantitative estimate of drug-likeness (QED) is 0.342. The molecule has 0 amide bonds. The molecule has 3 N–H and O–H groups in total. The minimum atomic E-state index is 0.666. The molecular weight excluding hydrogens is 122 g/mol. The molecule has 0 aromatic rings. The summed E-state index contributed by atoms with van der Waals surface area (Å²) in [4.78, 5) is 0. The minimum absolute atomic E-state index is 0.666. The zero-order chi connectivity index (χ0) is 6.41. The summed E-state index contributed by atoms with van der Waals surface area (Å²) in [5.41, 5.74) is 0. The lowest BCUT2D eigenvalue weighted by atomic mass is 10.9. The van der Waals surface area contributed by atoms with Crippen LogP contribution in [0.1, 0.15) is 0 Å². The van der Waals surface area contributed by atoms with Crippen LogP contribution in [0.5, 0.6) is 0 Å². The van der Waals surface area contributed by atoms with Gasteiger partial charge in [-0.15, -0.1) is 0 Å². The smallest absolute Gasteiger partial charge is 0.167 e. The Balaban J connectivity index is 2.99. The van der Waals surface area contributed by atoms with Gasteiger partial charge in [0.1, 0.15) is 0 Å². The summed E-state index contributed by atoms with van der Waals surface area (Å²) in [6.45, 7) is 0.708. The van der Waals surface area contributed by atoms with Gasteiger partial charge in [-0.1, -0.05) is 0 Å². The molecule has 0 atom stereocenters. The molecule has 0 radical (unpaired) electrons. The van der Waals surface area contributed by atoms with Gasteiger partial charge in [-0.05, 0) is 19.3 Å². The van der Waals surface area contributed by atoms with Gasteiger partial charge < -0.3 is 16.0 Å². The van der Waals surface area contributed by atoms with E-state index in [9.17, 15) is 0 Å². The highest BCUT2D eigenvalue weighted by molar-refractivity contribution is 7.80. The van der Waals surface area contributed by atoms with Gasteiger partial charge in [-0.25, -0.2) is 0 Å². The summed E-state index contributed by atoms with van der Waals surface area (Å²) in [5.74, 6) is 0. The largest absolute Gasteiger partial charge is 0.366 e. The van der Waals surface area contributed by atoms with Gasteiger partial charge in [0.05, 0.1) is 6.67 Å². The number of hydrogen-bond donors (Lipinski definition) is 3. The van der Waals surface area contributed by atoms with Crippen LogP contribution in [0, 0.1) is 0 Å². The summed E-state index contributed by atoms with van der Waals surface area (Å²) in [7, 11) is 3.64. The van der Waals surface area contributed by atoms with E-state index in [1.54, 1.807) is 7.05 Å². The molecule has 0 aliphatic carbocycles. The molecule has 0 bridgehead atoms. The topological polar surface area (TPSA) is 36.1 Å². The van der Waals surface area contributed by atoms with Gasteiger partial charge in [-0.2, -0.15) is 0 Å². The van der Waals surface area contributed by atoms with Gasteiger partial charge in [0.25, 0.3) is 0 Å². The molecule has 0 unspecified atom stereocenters. The van der Waals surface area contributed by atoms with Gasteiger partial charge in [0.2, 0.25) is 0 Å². The van der Waals surface area contributed by atoms with Crippen molar-refractivity contribution in [2.45, 2.75) is 0 Å². The Morgan fingerprint density at radius 1 is 1.50 bits per heavy atom. The van der Waals surface area contributed by atoms with Gasteiger partial charge >= 0.3 is 0 Å². The van der Waals surface area contributed by atoms with E-state index in [-0.39, 0.29) is 0 Å². The molecule has 0 saturated carbocycles. The van der Waals surface area contributed by atoms with Crippen LogP contribution in [0.15, 0.2) is 0 Å². The predicted octanol–water partition coefficient (Wildman–Crippen LogP) is -0.743. The zero-order valence-corrected chi connectivity index (χ0v) is 5.93. The van der Waals surface area contributed by atoms with Crippen LogP contribution >= 0.6 is 12.2 Å². The molecule has 0 spiro atoms. The molecule has 0 heterocycles. The molecule has 0 aromatic heterocycles. The van der Waals surface area contributed by atoms with Crippen molar-refractivity contribution in [3.8, 4) is 0 Å². The highest BCUT2D eigenvalue weighted by atomic mass is 32.1. The summed E-state index contributed by atoms with van der Waals surface area (Å²) in [5, 5.41) is 9.23. The Labute approximate surface area is 54.8 Å². The van der Waals surface area contributed by atoms with Crippen molar-refractivity contribution in [3.05, 3.63) is 0 Å². The van der Waals surface area contributed by atoms with E-state index in [2.05, 4.69) is 16.0 Å². The maximum Gasteiger partial charge on any atom is 0.167 e. The highest BCUT2D eigenvalue weighted by Gasteiger charge is 1.83. The molecule has 0 aliphatic rings. The maximum atomic E-state index is 4.76. The van der Waals surface area contributed by atoms with Crippen LogP contribution in [0.25, 0.3) is 0 Å². The van der Waals surface area contributed by atoms with E-state index < -0.39 is 0 Å². The highest BCUT2D eigenvalue weighted by Crippen LogP contribution is 1.56. The Morgan fingerprint density at radius 3 is 2.50 bits per heavy atom. The van der Waals surface area contributed by atoms with Crippen LogP contribution in [0.4, 0.5) is 0 Å². The van der Waals surface area contributed by atoms with E-state index in [0.29, 0.717) is 11.8 Å². The number of hydrogen-bond acceptors (Lipinski definition) is 2. The van der Waals surface area contributed by atoms with Crippen molar-refractivity contribution in [3.63, 3.8) is 0 Å². The third-order valence-corrected chi connectivity index (χ3v) is 1.00. The minimum Gasteiger partial charge on any atom is -0.366 e. The first-order valence-corrected chi connectivity index (χ1v) is 2.82. The van der Waals surface area contributed by atoms with Crippen LogP contribution in [0.2, 0.25) is 0 Å².